The molecule has 3 unspecified atom stereocenters. The second-order valence-corrected chi connectivity index (χ2v) is 12.6. The van der Waals surface area contributed by atoms with Gasteiger partial charge in [-0.1, -0.05) is 26.5 Å². The molecule has 4 heterocycles. The van der Waals surface area contributed by atoms with Gasteiger partial charge in [-0.25, -0.2) is 0 Å². The molecule has 2 fully saturated rings. The number of aliphatic carboxylic acids is 2. The Balaban J connectivity index is 1.46. The number of carboxylic acids is 2. The smallest absolute Gasteiger partial charge is 0.249 e. The Bertz CT molecular complexity index is 1580. The number of hydrogen-bond acceptors (Lipinski definition) is 10. The number of carbonyl (C=O) groups excluding carboxylic acids is 4. The van der Waals surface area contributed by atoms with Crippen LogP contribution in [0.25, 0.3) is 0 Å². The lowest BCUT2D eigenvalue weighted by molar-refractivity contribution is -0.309. The molecule has 1 aromatic rings. The van der Waals surface area contributed by atoms with Gasteiger partial charge in [0.2, 0.25) is 5.91 Å². The van der Waals surface area contributed by atoms with Gasteiger partial charge in [-0.15, -0.1) is 0 Å². The number of aromatic nitrogens is 1. The molecule has 45 heavy (non-hydrogen) atoms. The van der Waals surface area contributed by atoms with Crippen LogP contribution in [-0.2, 0) is 45.0 Å². The molecule has 1 saturated carbocycles. The summed E-state index contributed by atoms with van der Waals surface area (Å²) in [6.45, 7) is 10.7. The second-order valence-electron chi connectivity index (χ2n) is 12.6. The lowest BCUT2D eigenvalue weighted by Gasteiger charge is -2.25. The fraction of sp³-hybridized carbons (Fsp3) is 0.515. The number of rotatable bonds is 11. The molecule has 6 atom stereocenters. The van der Waals surface area contributed by atoms with Crippen LogP contribution in [0.1, 0.15) is 69.5 Å². The third kappa shape index (κ3) is 5.39. The highest BCUT2D eigenvalue weighted by atomic mass is 16.4. The van der Waals surface area contributed by atoms with Gasteiger partial charge < -0.3 is 50.9 Å². The zero-order chi connectivity index (χ0) is 33.0. The predicted octanol–water partition coefficient (Wildman–Crippen LogP) is -0.932. The van der Waals surface area contributed by atoms with Crippen molar-refractivity contribution in [3.63, 3.8) is 0 Å². The molecule has 0 spiro atoms. The molecule has 3 aliphatic heterocycles. The summed E-state index contributed by atoms with van der Waals surface area (Å²) in [7, 11) is 0. The van der Waals surface area contributed by atoms with Crippen molar-refractivity contribution in [3.05, 3.63) is 68.9 Å². The molecule has 12 heteroatoms. The molecule has 1 saturated heterocycles. The van der Waals surface area contributed by atoms with Gasteiger partial charge in [-0.3, -0.25) is 9.59 Å². The topological polar surface area (TPSA) is 207 Å². The number of carbonyl (C=O) groups is 4. The Labute approximate surface area is 261 Å². The van der Waals surface area contributed by atoms with Crippen LogP contribution in [0.2, 0.25) is 0 Å². The monoisotopic (exact) mass is 620 g/mol. The molecule has 6 N–H and O–H groups in total. The van der Waals surface area contributed by atoms with Crippen LogP contribution in [0.3, 0.4) is 0 Å². The van der Waals surface area contributed by atoms with E-state index in [0.29, 0.717) is 40.9 Å². The first-order valence-electron chi connectivity index (χ1n) is 15.4. The van der Waals surface area contributed by atoms with Gasteiger partial charge in [-0.05, 0) is 55.7 Å². The number of hydrogen-bond donors (Lipinski definition) is 6. The number of aromatic amines is 1. The molecule has 5 rings (SSSR count). The van der Waals surface area contributed by atoms with Gasteiger partial charge in [0.25, 0.3) is 0 Å². The number of H-pyrrole nitrogens is 1. The first-order chi connectivity index (χ1) is 21.3. The van der Waals surface area contributed by atoms with E-state index in [4.69, 9.17) is 0 Å². The molecular weight excluding hydrogens is 580 g/mol. The van der Waals surface area contributed by atoms with Crippen molar-refractivity contribution in [1.82, 2.24) is 20.9 Å². The molecule has 12 nitrogen and oxygen atoms in total. The Morgan fingerprint density at radius 1 is 1.13 bits per heavy atom. The summed E-state index contributed by atoms with van der Waals surface area (Å²) in [5, 5.41) is 54.1. The zero-order valence-corrected chi connectivity index (χ0v) is 26.0. The maximum Gasteiger partial charge on any atom is 0.249 e. The van der Waals surface area contributed by atoms with Crippen molar-refractivity contribution >= 4 is 23.6 Å². The molecular formula is C33H40N4O8-2. The molecule has 1 aromatic heterocycles. The molecule has 1 amide bonds. The maximum atomic E-state index is 13.4. The summed E-state index contributed by atoms with van der Waals surface area (Å²) in [6.07, 6.45) is 2.45. The molecule has 0 radical (unpaired) electrons. The second kappa shape index (κ2) is 12.0. The van der Waals surface area contributed by atoms with Crippen LogP contribution in [0, 0.1) is 17.8 Å². The minimum atomic E-state index is -1.69. The fourth-order valence-corrected chi connectivity index (χ4v) is 7.88. The largest absolute Gasteiger partial charge is 0.550 e. The van der Waals surface area contributed by atoms with Gasteiger partial charge in [0.1, 0.15) is 5.78 Å². The van der Waals surface area contributed by atoms with E-state index >= 15 is 0 Å². The third-order valence-corrected chi connectivity index (χ3v) is 10.2. The van der Waals surface area contributed by atoms with Crippen LogP contribution in [-0.4, -0.2) is 56.6 Å². The number of aliphatic hydroxyl groups excluding tert-OH is 1. The summed E-state index contributed by atoms with van der Waals surface area (Å²) < 4.78 is 0. The van der Waals surface area contributed by atoms with Crippen LogP contribution < -0.4 is 26.2 Å². The van der Waals surface area contributed by atoms with E-state index in [1.807, 2.05) is 13.8 Å². The normalized spacial score (nSPS) is 30.9. The number of Topliss-reactive ketones (excluding diaryl/α,β-unsaturated/α-hetero) is 1. The lowest BCUT2D eigenvalue weighted by Crippen LogP contribution is -2.46. The van der Waals surface area contributed by atoms with Crippen LogP contribution in [0.15, 0.2) is 46.3 Å². The van der Waals surface area contributed by atoms with Crippen LogP contribution >= 0.6 is 0 Å². The SMILES string of the molecule is C=CC1=C(C)C(=O)NC1(O)Cc1[nH]c(CC2=C(C)C3C(=O)C/C(=C4\N[C@H](C(=O)[O-])[C@@H](C)[C@@H]4CCC(=O)[O-])C3N2)c(CC)c1CO. The number of amides is 1. The van der Waals surface area contributed by atoms with E-state index in [-0.39, 0.29) is 38.1 Å². The van der Waals surface area contributed by atoms with E-state index in [1.165, 1.54) is 6.08 Å². The van der Waals surface area contributed by atoms with Gasteiger partial charge in [0, 0.05) is 70.6 Å². The van der Waals surface area contributed by atoms with E-state index in [1.54, 1.807) is 13.8 Å². The number of carboxylic acid groups (broad SMARTS) is 2. The number of nitrogens with one attached hydrogen (secondary N) is 4. The summed E-state index contributed by atoms with van der Waals surface area (Å²) >= 11 is 0. The third-order valence-electron chi connectivity index (χ3n) is 10.2. The van der Waals surface area contributed by atoms with Gasteiger partial charge in [0.15, 0.2) is 5.72 Å². The van der Waals surface area contributed by atoms with Crippen molar-refractivity contribution in [3.8, 4) is 0 Å². The molecule has 0 bridgehead atoms. The number of aliphatic hydroxyl groups is 2. The van der Waals surface area contributed by atoms with E-state index in [2.05, 4.69) is 27.5 Å². The summed E-state index contributed by atoms with van der Waals surface area (Å²) in [6, 6.07) is -1.42. The first kappa shape index (κ1) is 32.2. The Morgan fingerprint density at radius 3 is 2.44 bits per heavy atom. The summed E-state index contributed by atoms with van der Waals surface area (Å²) in [5.74, 6) is -4.23. The standard InChI is InChI=1S/C33H42N4O8/c1-6-17-20(13-38)24(12-33(45)21(7-2)15(4)31(42)37-33)34-23(17)11-22-16(5)27-25(39)10-19(30(27)35-22)29-18(8-9-26(40)41)14(3)28(36-29)32(43)44/h7,14,18,27-28,30,34-36,38,45H,2,6,8-13H2,1,3-5H3,(H,37,42)(H,40,41)(H,43,44)/p-2/b29-19+/t14-,18-,27?,28-,30?,33?/m0/s1. The highest BCUT2D eigenvalue weighted by Crippen LogP contribution is 2.45. The maximum absolute atomic E-state index is 13.4. The quantitative estimate of drug-likeness (QED) is 0.179. The van der Waals surface area contributed by atoms with Crippen molar-refractivity contribution in [1.29, 1.82) is 0 Å². The number of ketones is 1. The predicted molar refractivity (Wildman–Crippen MR) is 158 cm³/mol. The van der Waals surface area contributed by atoms with Gasteiger partial charge >= 0.3 is 0 Å². The lowest BCUT2D eigenvalue weighted by atomic mass is 9.85. The van der Waals surface area contributed by atoms with Crippen molar-refractivity contribution in [2.24, 2.45) is 17.8 Å². The number of allylic oxidation sites excluding steroid dienone is 2. The average Bonchev–Trinajstić information content (AvgIpc) is 3.72. The Kier molecular flexibility index (Phi) is 8.58. The highest BCUT2D eigenvalue weighted by Gasteiger charge is 2.49. The molecule has 242 valence electrons. The summed E-state index contributed by atoms with van der Waals surface area (Å²) in [4.78, 5) is 52.3. The highest BCUT2D eigenvalue weighted by molar-refractivity contribution is 5.98. The molecule has 4 aliphatic rings. The van der Waals surface area contributed by atoms with Crippen LogP contribution in [0.4, 0.5) is 0 Å². The minimum absolute atomic E-state index is 0.00949. The van der Waals surface area contributed by atoms with E-state index < -0.39 is 53.4 Å². The fourth-order valence-electron chi connectivity index (χ4n) is 7.88. The van der Waals surface area contributed by atoms with E-state index in [9.17, 15) is 39.6 Å². The first-order valence-corrected chi connectivity index (χ1v) is 15.4. The zero-order valence-electron chi connectivity index (χ0n) is 26.0. The van der Waals surface area contributed by atoms with Gasteiger partial charge in [0.05, 0.1) is 30.6 Å². The van der Waals surface area contributed by atoms with Crippen LogP contribution in [0.5, 0.6) is 0 Å². The average molecular weight is 621 g/mol. The molecule has 1 aliphatic carbocycles. The van der Waals surface area contributed by atoms with Crippen molar-refractivity contribution in [2.75, 3.05) is 0 Å². The Morgan fingerprint density at radius 2 is 1.84 bits per heavy atom. The van der Waals surface area contributed by atoms with Crippen molar-refractivity contribution < 1.29 is 39.6 Å². The minimum Gasteiger partial charge on any atom is -0.550 e. The Hall–Kier alpha value is -4.16. The van der Waals surface area contributed by atoms with Crippen molar-refractivity contribution in [2.45, 2.75) is 90.6 Å². The summed E-state index contributed by atoms with van der Waals surface area (Å²) in [5.41, 5.74) is 4.92. The number of fused-ring (bicyclic) bond motifs is 1. The van der Waals surface area contributed by atoms with Gasteiger partial charge in [-0.2, -0.15) is 0 Å². The van der Waals surface area contributed by atoms with E-state index in [0.717, 1.165) is 28.1 Å². The molecule has 0 aromatic carbocycles.